The lowest BCUT2D eigenvalue weighted by atomic mass is 10.1. The van der Waals surface area contributed by atoms with Crippen molar-refractivity contribution in [3.05, 3.63) is 0 Å². The lowest BCUT2D eigenvalue weighted by Gasteiger charge is -1.96. The molecule has 0 fully saturated rings. The monoisotopic (exact) mass is 188 g/mol. The van der Waals surface area contributed by atoms with E-state index in [1.165, 1.54) is 44.9 Å². The van der Waals surface area contributed by atoms with Gasteiger partial charge in [-0.05, 0) is 6.42 Å². The third kappa shape index (κ3) is 24.5. The van der Waals surface area contributed by atoms with Crippen molar-refractivity contribution in [3.8, 4) is 0 Å². The highest BCUT2D eigenvalue weighted by Gasteiger charge is 1.85. The van der Waals surface area contributed by atoms with E-state index < -0.39 is 0 Å². The molecule has 1 nitrogen and oxygen atoms in total. The van der Waals surface area contributed by atoms with E-state index >= 15 is 0 Å². The van der Waals surface area contributed by atoms with Gasteiger partial charge in [0.1, 0.15) is 0 Å². The van der Waals surface area contributed by atoms with Crippen molar-refractivity contribution in [1.29, 1.82) is 0 Å². The topological polar surface area (TPSA) is 20.2 Å². The molecule has 0 atom stereocenters. The molecule has 0 aromatic carbocycles. The molecule has 0 rings (SSSR count). The first-order chi connectivity index (χ1) is 6.33. The SMILES string of the molecule is CCCCCCCCC.CCCO. The summed E-state index contributed by atoms with van der Waals surface area (Å²) < 4.78 is 0. The van der Waals surface area contributed by atoms with Crippen LogP contribution in [0.5, 0.6) is 0 Å². The van der Waals surface area contributed by atoms with Crippen LogP contribution in [0.4, 0.5) is 0 Å². The van der Waals surface area contributed by atoms with E-state index in [-0.39, 0.29) is 0 Å². The van der Waals surface area contributed by atoms with Crippen molar-refractivity contribution in [2.45, 2.75) is 72.1 Å². The fourth-order valence-electron chi connectivity index (χ4n) is 1.03. The van der Waals surface area contributed by atoms with Gasteiger partial charge in [0.2, 0.25) is 0 Å². The molecular weight excluding hydrogens is 160 g/mol. The quantitative estimate of drug-likeness (QED) is 0.595. The fraction of sp³-hybridized carbons (Fsp3) is 1.00. The summed E-state index contributed by atoms with van der Waals surface area (Å²) in [5, 5.41) is 7.88. The molecule has 0 bridgehead atoms. The number of hydrogen-bond acceptors (Lipinski definition) is 1. The largest absolute Gasteiger partial charge is 0.396 e. The van der Waals surface area contributed by atoms with Crippen LogP contribution in [0.25, 0.3) is 0 Å². The van der Waals surface area contributed by atoms with E-state index in [2.05, 4.69) is 13.8 Å². The van der Waals surface area contributed by atoms with Crippen molar-refractivity contribution < 1.29 is 5.11 Å². The van der Waals surface area contributed by atoms with Gasteiger partial charge in [-0.25, -0.2) is 0 Å². The summed E-state index contributed by atoms with van der Waals surface area (Å²) in [6.07, 6.45) is 10.8. The Morgan fingerprint density at radius 2 is 0.923 bits per heavy atom. The van der Waals surface area contributed by atoms with E-state index in [9.17, 15) is 0 Å². The smallest absolute Gasteiger partial charge is 0.0428 e. The van der Waals surface area contributed by atoms with E-state index in [0.29, 0.717) is 6.61 Å². The van der Waals surface area contributed by atoms with Gasteiger partial charge in [-0.1, -0.05) is 65.7 Å². The maximum Gasteiger partial charge on any atom is 0.0428 e. The fourth-order valence-corrected chi connectivity index (χ4v) is 1.03. The highest BCUT2D eigenvalue weighted by atomic mass is 16.2. The number of unbranched alkanes of at least 4 members (excludes halogenated alkanes) is 6. The molecule has 1 heteroatoms. The first-order valence-electron chi connectivity index (χ1n) is 5.94. The van der Waals surface area contributed by atoms with Crippen LogP contribution in [0.1, 0.15) is 72.1 Å². The van der Waals surface area contributed by atoms with Crippen molar-refractivity contribution in [3.63, 3.8) is 0 Å². The molecule has 1 N–H and O–H groups in total. The number of rotatable bonds is 7. The first kappa shape index (κ1) is 15.4. The van der Waals surface area contributed by atoms with Gasteiger partial charge in [0.25, 0.3) is 0 Å². The van der Waals surface area contributed by atoms with Crippen LogP contribution in [0.15, 0.2) is 0 Å². The summed E-state index contributed by atoms with van der Waals surface area (Å²) in [6.45, 7) is 6.78. The van der Waals surface area contributed by atoms with Gasteiger partial charge in [0.05, 0.1) is 0 Å². The van der Waals surface area contributed by atoms with Gasteiger partial charge >= 0.3 is 0 Å². The molecule has 0 amide bonds. The highest BCUT2D eigenvalue weighted by Crippen LogP contribution is 2.05. The predicted octanol–water partition coefficient (Wildman–Crippen LogP) is 4.15. The Kier molecular flexibility index (Phi) is 21.2. The molecule has 0 saturated carbocycles. The maximum atomic E-state index is 7.88. The Hall–Kier alpha value is -0.0400. The molecule has 0 aromatic heterocycles. The Morgan fingerprint density at radius 1 is 0.615 bits per heavy atom. The number of aliphatic hydroxyl groups excluding tert-OH is 1. The molecule has 13 heavy (non-hydrogen) atoms. The summed E-state index contributed by atoms with van der Waals surface area (Å²) in [4.78, 5) is 0. The molecule has 0 heterocycles. The zero-order chi connectivity index (χ0) is 10.4. The second-order valence-corrected chi connectivity index (χ2v) is 3.49. The standard InChI is InChI=1S/C9H20.C3H8O/c1-3-5-7-9-8-6-4-2;1-2-3-4/h3-9H2,1-2H3;4H,2-3H2,1H3. The molecule has 0 radical (unpaired) electrons. The zero-order valence-electron chi connectivity index (χ0n) is 9.81. The lowest BCUT2D eigenvalue weighted by molar-refractivity contribution is 0.295. The van der Waals surface area contributed by atoms with Gasteiger partial charge in [0, 0.05) is 6.61 Å². The highest BCUT2D eigenvalue weighted by molar-refractivity contribution is 4.41. The molecule has 0 aliphatic carbocycles. The zero-order valence-corrected chi connectivity index (χ0v) is 9.81. The minimum Gasteiger partial charge on any atom is -0.396 e. The van der Waals surface area contributed by atoms with E-state index in [0.717, 1.165) is 6.42 Å². The Balaban J connectivity index is 0. The van der Waals surface area contributed by atoms with Gasteiger partial charge in [-0.3, -0.25) is 0 Å². The summed E-state index contributed by atoms with van der Waals surface area (Å²) in [7, 11) is 0. The van der Waals surface area contributed by atoms with Crippen LogP contribution < -0.4 is 0 Å². The van der Waals surface area contributed by atoms with Crippen LogP contribution in [-0.2, 0) is 0 Å². The Bertz CT molecular complexity index is 54.1. The molecule has 0 aliphatic heterocycles. The van der Waals surface area contributed by atoms with Crippen LogP contribution >= 0.6 is 0 Å². The molecule has 0 aromatic rings. The summed E-state index contributed by atoms with van der Waals surface area (Å²) in [5.41, 5.74) is 0. The first-order valence-corrected chi connectivity index (χ1v) is 5.94. The molecule has 0 unspecified atom stereocenters. The maximum absolute atomic E-state index is 7.88. The number of hydrogen-bond donors (Lipinski definition) is 1. The summed E-state index contributed by atoms with van der Waals surface area (Å²) in [6, 6.07) is 0. The molecule has 0 aliphatic rings. The van der Waals surface area contributed by atoms with Gasteiger partial charge in [0.15, 0.2) is 0 Å². The summed E-state index contributed by atoms with van der Waals surface area (Å²) >= 11 is 0. The molecule has 0 saturated heterocycles. The lowest BCUT2D eigenvalue weighted by Crippen LogP contribution is -1.76. The van der Waals surface area contributed by atoms with E-state index in [1.54, 1.807) is 0 Å². The molecular formula is C12H28O. The van der Waals surface area contributed by atoms with Crippen molar-refractivity contribution in [2.75, 3.05) is 6.61 Å². The van der Waals surface area contributed by atoms with Gasteiger partial charge in [-0.15, -0.1) is 0 Å². The predicted molar refractivity (Wildman–Crippen MR) is 61.0 cm³/mol. The third-order valence-electron chi connectivity index (χ3n) is 1.93. The number of aliphatic hydroxyl groups is 1. The Morgan fingerprint density at radius 3 is 1.15 bits per heavy atom. The molecule has 0 spiro atoms. The van der Waals surface area contributed by atoms with Crippen molar-refractivity contribution in [1.82, 2.24) is 0 Å². The normalized spacial score (nSPS) is 9.23. The van der Waals surface area contributed by atoms with Crippen LogP contribution in [0.2, 0.25) is 0 Å². The van der Waals surface area contributed by atoms with E-state index in [4.69, 9.17) is 5.11 Å². The second-order valence-electron chi connectivity index (χ2n) is 3.49. The molecule has 82 valence electrons. The van der Waals surface area contributed by atoms with Crippen LogP contribution in [0, 0.1) is 0 Å². The minimum absolute atomic E-state index is 0.319. The average molecular weight is 188 g/mol. The van der Waals surface area contributed by atoms with Crippen LogP contribution in [0.3, 0.4) is 0 Å². The minimum atomic E-state index is 0.319. The second kappa shape index (κ2) is 17.9. The summed E-state index contributed by atoms with van der Waals surface area (Å²) in [5.74, 6) is 0. The van der Waals surface area contributed by atoms with Crippen molar-refractivity contribution in [2.24, 2.45) is 0 Å². The Labute approximate surface area is 84.6 Å². The third-order valence-corrected chi connectivity index (χ3v) is 1.93. The van der Waals surface area contributed by atoms with Gasteiger partial charge in [-0.2, -0.15) is 0 Å². The van der Waals surface area contributed by atoms with Crippen LogP contribution in [-0.4, -0.2) is 11.7 Å². The average Bonchev–Trinajstić information content (AvgIpc) is 2.18. The van der Waals surface area contributed by atoms with Gasteiger partial charge < -0.3 is 5.11 Å². The van der Waals surface area contributed by atoms with Crippen molar-refractivity contribution >= 4 is 0 Å². The van der Waals surface area contributed by atoms with E-state index in [1.807, 2.05) is 6.92 Å².